The standard InChI is InChI=1S/C29H36FN3O4/c1-17-13-20(15-19-7-8-19)14-18(2)24(17)32-28(37)31-23-16-21(30)9-10-22(23)26(34)33-25(27(35)36)29(3)11-5-4-6-12-29/h9-10,13-14,16,19,25H,4-8,11-12,15H2,1-3H3,(H,33,34)(H,35,36)(H2,31,32,37)/t25-/m1/s1. The predicted octanol–water partition coefficient (Wildman–Crippen LogP) is 6.19. The molecule has 0 aliphatic heterocycles. The van der Waals surface area contributed by atoms with Crippen LogP contribution in [0.5, 0.6) is 0 Å². The van der Waals surface area contributed by atoms with Crippen molar-refractivity contribution >= 4 is 29.3 Å². The Morgan fingerprint density at radius 2 is 1.68 bits per heavy atom. The number of hydrogen-bond acceptors (Lipinski definition) is 3. The van der Waals surface area contributed by atoms with Crippen LogP contribution in [0.2, 0.25) is 0 Å². The molecule has 8 heteroatoms. The molecule has 2 aliphatic carbocycles. The Hall–Kier alpha value is -3.42. The maximum Gasteiger partial charge on any atom is 0.326 e. The van der Waals surface area contributed by atoms with Crippen molar-refractivity contribution in [3.8, 4) is 0 Å². The summed E-state index contributed by atoms with van der Waals surface area (Å²) in [6, 6.07) is 5.86. The molecule has 198 valence electrons. The van der Waals surface area contributed by atoms with Crippen LogP contribution in [0.3, 0.4) is 0 Å². The van der Waals surface area contributed by atoms with Crippen LogP contribution in [0, 0.1) is 31.0 Å². The van der Waals surface area contributed by atoms with Crippen molar-refractivity contribution in [2.75, 3.05) is 10.6 Å². The summed E-state index contributed by atoms with van der Waals surface area (Å²) in [5.41, 5.74) is 3.14. The van der Waals surface area contributed by atoms with Gasteiger partial charge in [-0.25, -0.2) is 14.0 Å². The SMILES string of the molecule is Cc1cc(CC2CC2)cc(C)c1NC(=O)Nc1cc(F)ccc1C(=O)N[C@H](C(=O)O)C1(C)CCCCC1. The monoisotopic (exact) mass is 509 g/mol. The Labute approximate surface area is 217 Å². The van der Waals surface area contributed by atoms with Crippen LogP contribution in [0.4, 0.5) is 20.6 Å². The number of carboxylic acids is 1. The predicted molar refractivity (Wildman–Crippen MR) is 141 cm³/mol. The number of nitrogens with one attached hydrogen (secondary N) is 3. The van der Waals surface area contributed by atoms with E-state index in [9.17, 15) is 23.9 Å². The van der Waals surface area contributed by atoms with E-state index < -0.39 is 35.2 Å². The number of aliphatic carboxylic acids is 1. The highest BCUT2D eigenvalue weighted by atomic mass is 19.1. The molecule has 0 saturated heterocycles. The molecule has 2 aromatic carbocycles. The first kappa shape index (κ1) is 26.6. The van der Waals surface area contributed by atoms with E-state index in [1.807, 2.05) is 20.8 Å². The van der Waals surface area contributed by atoms with E-state index >= 15 is 0 Å². The van der Waals surface area contributed by atoms with E-state index in [0.717, 1.165) is 54.9 Å². The molecular formula is C29H36FN3O4. The third-order valence-corrected chi connectivity index (χ3v) is 7.74. The summed E-state index contributed by atoms with van der Waals surface area (Å²) in [4.78, 5) is 38.2. The Morgan fingerprint density at radius 1 is 1.03 bits per heavy atom. The Bertz CT molecular complexity index is 1180. The lowest BCUT2D eigenvalue weighted by atomic mass is 9.70. The minimum absolute atomic E-state index is 0.00423. The van der Waals surface area contributed by atoms with Crippen LogP contribution < -0.4 is 16.0 Å². The van der Waals surface area contributed by atoms with Crippen molar-refractivity contribution < 1.29 is 23.9 Å². The molecule has 7 nitrogen and oxygen atoms in total. The van der Waals surface area contributed by atoms with Gasteiger partial charge in [0.25, 0.3) is 5.91 Å². The lowest BCUT2D eigenvalue weighted by Crippen LogP contribution is -2.52. The first-order chi connectivity index (χ1) is 17.6. The molecule has 37 heavy (non-hydrogen) atoms. The third-order valence-electron chi connectivity index (χ3n) is 7.74. The van der Waals surface area contributed by atoms with Crippen LogP contribution in [-0.2, 0) is 11.2 Å². The average Bonchev–Trinajstić information content (AvgIpc) is 3.64. The van der Waals surface area contributed by atoms with Crippen LogP contribution in [0.15, 0.2) is 30.3 Å². The number of benzene rings is 2. The molecule has 4 rings (SSSR count). The third kappa shape index (κ3) is 6.48. The van der Waals surface area contributed by atoms with E-state index in [1.165, 1.54) is 24.5 Å². The Balaban J connectivity index is 1.50. The molecule has 3 amide bonds. The van der Waals surface area contributed by atoms with Crippen molar-refractivity contribution in [2.24, 2.45) is 11.3 Å². The molecule has 2 fully saturated rings. The summed E-state index contributed by atoms with van der Waals surface area (Å²) in [5, 5.41) is 17.9. The second kappa shape index (κ2) is 10.9. The maximum atomic E-state index is 14.1. The molecular weight excluding hydrogens is 473 g/mol. The van der Waals surface area contributed by atoms with Crippen molar-refractivity contribution in [3.05, 3.63) is 58.4 Å². The number of urea groups is 1. The molecule has 2 saturated carbocycles. The fraction of sp³-hybridized carbons (Fsp3) is 0.483. The highest BCUT2D eigenvalue weighted by Crippen LogP contribution is 2.39. The topological polar surface area (TPSA) is 108 Å². The van der Waals surface area contributed by atoms with Gasteiger partial charge in [-0.1, -0.05) is 38.3 Å². The molecule has 2 aromatic rings. The lowest BCUT2D eigenvalue weighted by Gasteiger charge is -2.38. The first-order valence-electron chi connectivity index (χ1n) is 13.1. The molecule has 0 spiro atoms. The number of amides is 3. The van der Waals surface area contributed by atoms with Crippen LogP contribution in [-0.4, -0.2) is 29.1 Å². The largest absolute Gasteiger partial charge is 0.480 e. The molecule has 1 atom stereocenters. The van der Waals surface area contributed by atoms with Crippen molar-refractivity contribution in [1.29, 1.82) is 0 Å². The number of rotatable bonds is 8. The van der Waals surface area contributed by atoms with Gasteiger partial charge in [-0.15, -0.1) is 0 Å². The van der Waals surface area contributed by atoms with Crippen LogP contribution in [0.1, 0.15) is 78.9 Å². The quantitative estimate of drug-likeness (QED) is 0.340. The van der Waals surface area contributed by atoms with Gasteiger partial charge in [0, 0.05) is 5.69 Å². The second-order valence-electron chi connectivity index (χ2n) is 11.0. The van der Waals surface area contributed by atoms with E-state index in [-0.39, 0.29) is 11.3 Å². The second-order valence-corrected chi connectivity index (χ2v) is 11.0. The number of aryl methyl sites for hydroxylation is 2. The Morgan fingerprint density at radius 3 is 2.27 bits per heavy atom. The highest BCUT2D eigenvalue weighted by Gasteiger charge is 2.41. The zero-order valence-corrected chi connectivity index (χ0v) is 21.7. The zero-order chi connectivity index (χ0) is 26.7. The van der Waals surface area contributed by atoms with E-state index in [0.29, 0.717) is 18.5 Å². The van der Waals surface area contributed by atoms with Gasteiger partial charge < -0.3 is 21.1 Å². The molecule has 0 unspecified atom stereocenters. The van der Waals surface area contributed by atoms with Crippen LogP contribution >= 0.6 is 0 Å². The van der Waals surface area contributed by atoms with Crippen molar-refractivity contribution in [1.82, 2.24) is 5.32 Å². The number of carbonyl (C=O) groups is 3. The van der Waals surface area contributed by atoms with Gasteiger partial charge in [0.15, 0.2) is 0 Å². The highest BCUT2D eigenvalue weighted by molar-refractivity contribution is 6.07. The number of carboxylic acid groups (broad SMARTS) is 1. The van der Waals surface area contributed by atoms with E-state index in [2.05, 4.69) is 28.1 Å². The molecule has 0 heterocycles. The fourth-order valence-corrected chi connectivity index (χ4v) is 5.50. The summed E-state index contributed by atoms with van der Waals surface area (Å²) in [7, 11) is 0. The minimum atomic E-state index is -1.11. The number of hydrogen-bond donors (Lipinski definition) is 4. The summed E-state index contributed by atoms with van der Waals surface area (Å²) >= 11 is 0. The van der Waals surface area contributed by atoms with E-state index in [4.69, 9.17) is 0 Å². The van der Waals surface area contributed by atoms with Gasteiger partial charge >= 0.3 is 12.0 Å². The van der Waals surface area contributed by atoms with Crippen molar-refractivity contribution in [3.63, 3.8) is 0 Å². The number of carbonyl (C=O) groups excluding carboxylic acids is 2. The maximum absolute atomic E-state index is 14.1. The first-order valence-corrected chi connectivity index (χ1v) is 13.1. The minimum Gasteiger partial charge on any atom is -0.480 e. The van der Waals surface area contributed by atoms with Gasteiger partial charge in [0.05, 0.1) is 11.3 Å². The summed E-state index contributed by atoms with van der Waals surface area (Å²) in [5.74, 6) is -1.66. The normalized spacial score (nSPS) is 17.5. The lowest BCUT2D eigenvalue weighted by molar-refractivity contribution is -0.143. The van der Waals surface area contributed by atoms with Gasteiger partial charge in [-0.05, 0) is 92.2 Å². The molecule has 4 N–H and O–H groups in total. The van der Waals surface area contributed by atoms with Gasteiger partial charge in [0.2, 0.25) is 0 Å². The smallest absolute Gasteiger partial charge is 0.326 e. The Kier molecular flexibility index (Phi) is 7.85. The van der Waals surface area contributed by atoms with Gasteiger partial charge in [0.1, 0.15) is 11.9 Å². The van der Waals surface area contributed by atoms with E-state index in [1.54, 1.807) is 0 Å². The van der Waals surface area contributed by atoms with Gasteiger partial charge in [-0.3, -0.25) is 4.79 Å². The average molecular weight is 510 g/mol. The molecule has 2 aliphatic rings. The molecule has 0 radical (unpaired) electrons. The molecule has 0 aromatic heterocycles. The number of anilines is 2. The number of halogens is 1. The van der Waals surface area contributed by atoms with Gasteiger partial charge in [-0.2, -0.15) is 0 Å². The fourth-order valence-electron chi connectivity index (χ4n) is 5.50. The zero-order valence-electron chi connectivity index (χ0n) is 21.7. The summed E-state index contributed by atoms with van der Waals surface area (Å²) < 4.78 is 14.1. The summed E-state index contributed by atoms with van der Waals surface area (Å²) in [6.45, 7) is 5.74. The van der Waals surface area contributed by atoms with Crippen LogP contribution in [0.25, 0.3) is 0 Å². The summed E-state index contributed by atoms with van der Waals surface area (Å²) in [6.07, 6.45) is 7.79. The molecule has 0 bridgehead atoms. The van der Waals surface area contributed by atoms with Crippen molar-refractivity contribution in [2.45, 2.75) is 78.2 Å².